The predicted octanol–water partition coefficient (Wildman–Crippen LogP) is 3.45. The van der Waals surface area contributed by atoms with Gasteiger partial charge in [0.05, 0.1) is 4.90 Å². The lowest BCUT2D eigenvalue weighted by molar-refractivity contribution is -0.120. The van der Waals surface area contributed by atoms with Crippen LogP contribution in [0.5, 0.6) is 0 Å². The molecule has 1 aromatic rings. The molecule has 1 aliphatic carbocycles. The number of aryl methyl sites for hydroxylation is 1. The second-order valence-electron chi connectivity index (χ2n) is 6.94. The van der Waals surface area contributed by atoms with E-state index in [1.807, 2.05) is 6.92 Å². The van der Waals surface area contributed by atoms with Gasteiger partial charge in [-0.3, -0.25) is 4.79 Å². The number of carbonyl (C=O) groups excluding carboxylic acids is 1. The van der Waals surface area contributed by atoms with Gasteiger partial charge in [-0.1, -0.05) is 30.5 Å². The van der Waals surface area contributed by atoms with E-state index in [2.05, 4.69) is 0 Å². The molecule has 0 unspecified atom stereocenters. The van der Waals surface area contributed by atoms with E-state index >= 15 is 0 Å². The average molecular weight is 385 g/mol. The first-order valence-electron chi connectivity index (χ1n) is 9.05. The topological polar surface area (TPSA) is 74.3 Å². The minimum absolute atomic E-state index is 0.178. The van der Waals surface area contributed by atoms with Crippen LogP contribution in [0, 0.1) is 12.8 Å². The maximum absolute atomic E-state index is 11.9. The Kier molecular flexibility index (Phi) is 7.97. The maximum Gasteiger partial charge on any atom is 0.184 e. The minimum atomic E-state index is -4.27. The number of rotatable bonds is 4. The molecule has 0 aromatic heterocycles. The second kappa shape index (κ2) is 9.74. The third-order valence-electron chi connectivity index (χ3n) is 4.83. The smallest absolute Gasteiger partial charge is 0.184 e. The highest BCUT2D eigenvalue weighted by atomic mass is 32.2. The molecule has 0 atom stereocenters. The molecular weight excluding hydrogens is 356 g/mol. The zero-order chi connectivity index (χ0) is 18.3. The van der Waals surface area contributed by atoms with Gasteiger partial charge in [-0.05, 0) is 62.1 Å². The first-order valence-corrected chi connectivity index (χ1v) is 12.2. The van der Waals surface area contributed by atoms with Crippen molar-refractivity contribution in [3.63, 3.8) is 0 Å². The number of carbonyl (C=O) groups is 1. The van der Waals surface area contributed by atoms with Crippen molar-refractivity contribution >= 4 is 26.8 Å². The van der Waals surface area contributed by atoms with Gasteiger partial charge in [-0.25, -0.2) is 8.42 Å². The predicted molar refractivity (Wildman–Crippen MR) is 102 cm³/mol. The third-order valence-corrected chi connectivity index (χ3v) is 8.11. The summed E-state index contributed by atoms with van der Waals surface area (Å²) in [5.74, 6) is 4.69. The molecule has 2 fully saturated rings. The Hall–Kier alpha value is -0.850. The Morgan fingerprint density at radius 3 is 2.12 bits per heavy atom. The summed E-state index contributed by atoms with van der Waals surface area (Å²) in [6, 6.07) is 5.78. The fourth-order valence-electron chi connectivity index (χ4n) is 3.31. The van der Waals surface area contributed by atoms with Gasteiger partial charge in [0, 0.05) is 5.92 Å². The Morgan fingerprint density at radius 1 is 1.04 bits per heavy atom. The van der Waals surface area contributed by atoms with E-state index in [1.54, 1.807) is 12.1 Å². The molecule has 0 radical (unpaired) electrons. The van der Waals surface area contributed by atoms with Crippen molar-refractivity contribution in [2.24, 2.45) is 5.92 Å². The van der Waals surface area contributed by atoms with Crippen LogP contribution in [-0.2, 0) is 25.8 Å². The van der Waals surface area contributed by atoms with Crippen LogP contribution in [0.1, 0.15) is 50.5 Å². The Bertz CT molecular complexity index is 641. The summed E-state index contributed by atoms with van der Waals surface area (Å²) in [6.07, 6.45) is 9.13. The summed E-state index contributed by atoms with van der Waals surface area (Å²) in [5, 5.41) is 0. The van der Waals surface area contributed by atoms with Crippen LogP contribution < -0.4 is 0 Å². The molecule has 0 bridgehead atoms. The maximum atomic E-state index is 11.9. The summed E-state index contributed by atoms with van der Waals surface area (Å²) >= 11 is 0. The van der Waals surface area contributed by atoms with Crippen molar-refractivity contribution in [1.29, 1.82) is 0 Å². The monoisotopic (exact) mass is 384 g/mol. The highest BCUT2D eigenvalue weighted by Crippen LogP contribution is 2.26. The number of benzene rings is 1. The lowest BCUT2D eigenvalue weighted by Gasteiger charge is -2.14. The van der Waals surface area contributed by atoms with Crippen LogP contribution in [0.2, 0.25) is 0 Å². The second-order valence-corrected chi connectivity index (χ2v) is 10.7. The molecule has 1 aromatic carbocycles. The largest absolute Gasteiger partial charge is 0.744 e. The molecule has 0 N–H and O–H groups in total. The van der Waals surface area contributed by atoms with E-state index in [1.165, 1.54) is 68.6 Å². The first kappa shape index (κ1) is 20.5. The van der Waals surface area contributed by atoms with Gasteiger partial charge >= 0.3 is 0 Å². The number of Topliss-reactive ketones (excluding diaryl/α,β-unsaturated/α-hetero) is 1. The van der Waals surface area contributed by atoms with Gasteiger partial charge in [0.1, 0.15) is 21.6 Å². The molecule has 1 saturated carbocycles. The summed E-state index contributed by atoms with van der Waals surface area (Å²) in [5.41, 5.74) is 0.928. The van der Waals surface area contributed by atoms with Crippen molar-refractivity contribution in [3.05, 3.63) is 29.8 Å². The molecule has 4 nitrogen and oxygen atoms in total. The molecule has 3 rings (SSSR count). The van der Waals surface area contributed by atoms with E-state index in [-0.39, 0.29) is 4.90 Å². The summed E-state index contributed by atoms with van der Waals surface area (Å²) < 4.78 is 31.2. The molecule has 140 valence electrons. The van der Waals surface area contributed by atoms with Gasteiger partial charge in [0.2, 0.25) is 0 Å². The van der Waals surface area contributed by atoms with E-state index in [0.717, 1.165) is 11.3 Å². The summed E-state index contributed by atoms with van der Waals surface area (Å²) in [7, 11) is -3.79. The van der Waals surface area contributed by atoms with Crippen molar-refractivity contribution in [1.82, 2.24) is 0 Å². The molecule has 6 heteroatoms. The fourth-order valence-corrected chi connectivity index (χ4v) is 6.13. The normalized spacial score (nSPS) is 19.3. The molecule has 1 heterocycles. The summed E-state index contributed by atoms with van der Waals surface area (Å²) in [6.45, 7) is 1.82. The van der Waals surface area contributed by atoms with Gasteiger partial charge in [0.25, 0.3) is 0 Å². The van der Waals surface area contributed by atoms with Crippen LogP contribution in [-0.4, -0.2) is 36.0 Å². The molecule has 0 amide bonds. The van der Waals surface area contributed by atoms with Crippen LogP contribution in [0.4, 0.5) is 0 Å². The fraction of sp³-hybridized carbons (Fsp3) is 0.632. The molecule has 0 spiro atoms. The van der Waals surface area contributed by atoms with E-state index < -0.39 is 10.1 Å². The minimum Gasteiger partial charge on any atom is -0.744 e. The Labute approximate surface area is 154 Å². The highest BCUT2D eigenvalue weighted by molar-refractivity contribution is 7.97. The van der Waals surface area contributed by atoms with Crippen molar-refractivity contribution in [2.75, 3.05) is 17.3 Å². The Morgan fingerprint density at radius 2 is 1.60 bits per heavy atom. The average Bonchev–Trinajstić information content (AvgIpc) is 3.10. The highest BCUT2D eigenvalue weighted by Gasteiger charge is 2.30. The Balaban J connectivity index is 0.000000186. The number of hydrogen-bond acceptors (Lipinski definition) is 4. The van der Waals surface area contributed by atoms with Gasteiger partial charge in [-0.2, -0.15) is 0 Å². The summed E-state index contributed by atoms with van der Waals surface area (Å²) in [4.78, 5) is 11.7. The molecule has 25 heavy (non-hydrogen) atoms. The quantitative estimate of drug-likeness (QED) is 0.589. The lowest BCUT2D eigenvalue weighted by Crippen LogP contribution is -2.28. The SMILES string of the molecule is Cc1ccc(S(=O)(=O)[O-])cc1.O=C(C[S+]1CCCCC1)C1CCCC1. The van der Waals surface area contributed by atoms with Gasteiger partial charge in [0.15, 0.2) is 11.5 Å². The number of ketones is 1. The zero-order valence-electron chi connectivity index (χ0n) is 14.9. The van der Waals surface area contributed by atoms with Crippen LogP contribution in [0.15, 0.2) is 29.2 Å². The van der Waals surface area contributed by atoms with E-state index in [4.69, 9.17) is 0 Å². The standard InChI is InChI=1S/C12H21OS.C7H8O3S/c13-12(11-6-2-3-7-11)10-14-8-4-1-5-9-14;1-6-2-4-7(5-3-6)11(8,9)10/h11H,1-10H2;2-5H,1H3,(H,8,9,10)/q+1;/p-1. The van der Waals surface area contributed by atoms with Gasteiger partial charge in [-0.15, -0.1) is 0 Å². The molecule has 1 aliphatic heterocycles. The van der Waals surface area contributed by atoms with Gasteiger partial charge < -0.3 is 4.55 Å². The van der Waals surface area contributed by atoms with Crippen LogP contribution >= 0.6 is 0 Å². The van der Waals surface area contributed by atoms with Crippen molar-refractivity contribution in [3.8, 4) is 0 Å². The van der Waals surface area contributed by atoms with Crippen molar-refractivity contribution in [2.45, 2.75) is 56.8 Å². The van der Waals surface area contributed by atoms with Crippen molar-refractivity contribution < 1.29 is 17.8 Å². The van der Waals surface area contributed by atoms with E-state index in [0.29, 0.717) is 22.6 Å². The third kappa shape index (κ3) is 7.12. The molecule has 2 aliphatic rings. The van der Waals surface area contributed by atoms with Crippen LogP contribution in [0.25, 0.3) is 0 Å². The lowest BCUT2D eigenvalue weighted by atomic mass is 10.0. The number of hydrogen-bond donors (Lipinski definition) is 0. The van der Waals surface area contributed by atoms with Crippen LogP contribution in [0.3, 0.4) is 0 Å². The van der Waals surface area contributed by atoms with E-state index in [9.17, 15) is 17.8 Å². The molecular formula is C19H28O4S2. The first-order chi connectivity index (χ1) is 11.9. The molecule has 1 saturated heterocycles. The zero-order valence-corrected chi connectivity index (χ0v) is 16.5.